The molecule has 2 fully saturated rings. The van der Waals surface area contributed by atoms with Crippen LogP contribution >= 0.6 is 0 Å². The molecule has 0 radical (unpaired) electrons. The van der Waals surface area contributed by atoms with Crippen molar-refractivity contribution in [3.8, 4) is 0 Å². The smallest absolute Gasteiger partial charge is 0.0253 e. The van der Waals surface area contributed by atoms with Gasteiger partial charge in [0.15, 0.2) is 0 Å². The van der Waals surface area contributed by atoms with Gasteiger partial charge >= 0.3 is 0 Å². The van der Waals surface area contributed by atoms with Gasteiger partial charge in [0.05, 0.1) is 0 Å². The summed E-state index contributed by atoms with van der Waals surface area (Å²) in [7, 11) is 2.23. The van der Waals surface area contributed by atoms with E-state index < -0.39 is 0 Å². The summed E-state index contributed by atoms with van der Waals surface area (Å²) in [5.41, 5.74) is 6.41. The molecule has 106 valence electrons. The van der Waals surface area contributed by atoms with E-state index in [1.807, 2.05) is 0 Å². The third kappa shape index (κ3) is 3.06. The molecule has 4 unspecified atom stereocenters. The summed E-state index contributed by atoms with van der Waals surface area (Å²) in [5.74, 6) is 1.68. The van der Waals surface area contributed by atoms with E-state index >= 15 is 0 Å². The first-order valence-electron chi connectivity index (χ1n) is 7.69. The molecule has 18 heavy (non-hydrogen) atoms. The van der Waals surface area contributed by atoms with Crippen LogP contribution in [-0.4, -0.2) is 54.6 Å². The molecule has 2 aliphatic rings. The summed E-state index contributed by atoms with van der Waals surface area (Å²) in [4.78, 5) is 5.13. The topological polar surface area (TPSA) is 32.5 Å². The Balaban J connectivity index is 2.01. The predicted molar refractivity (Wildman–Crippen MR) is 77.6 cm³/mol. The van der Waals surface area contributed by atoms with Crippen molar-refractivity contribution in [1.82, 2.24) is 9.80 Å². The molecule has 1 saturated carbocycles. The summed E-state index contributed by atoms with van der Waals surface area (Å²) in [6.07, 6.45) is 3.86. The summed E-state index contributed by atoms with van der Waals surface area (Å²) in [5, 5.41) is 0. The lowest BCUT2D eigenvalue weighted by atomic mass is 9.76. The average molecular weight is 253 g/mol. The Morgan fingerprint density at radius 1 is 1.17 bits per heavy atom. The van der Waals surface area contributed by atoms with Gasteiger partial charge in [-0.15, -0.1) is 0 Å². The van der Waals surface area contributed by atoms with Gasteiger partial charge in [-0.1, -0.05) is 13.8 Å². The van der Waals surface area contributed by atoms with E-state index in [2.05, 4.69) is 37.6 Å². The Labute approximate surface area is 113 Å². The summed E-state index contributed by atoms with van der Waals surface area (Å²) < 4.78 is 0. The first-order chi connectivity index (χ1) is 8.49. The van der Waals surface area contributed by atoms with Gasteiger partial charge in [0.25, 0.3) is 0 Å². The van der Waals surface area contributed by atoms with Crippen LogP contribution in [0.1, 0.15) is 40.0 Å². The minimum atomic E-state index is 0.394. The molecule has 0 aromatic rings. The van der Waals surface area contributed by atoms with E-state index in [4.69, 9.17) is 5.73 Å². The third-order valence-corrected chi connectivity index (χ3v) is 5.16. The fourth-order valence-electron chi connectivity index (χ4n) is 3.84. The quantitative estimate of drug-likeness (QED) is 0.814. The molecule has 2 rings (SSSR count). The van der Waals surface area contributed by atoms with E-state index in [-0.39, 0.29) is 0 Å². The monoisotopic (exact) mass is 253 g/mol. The van der Waals surface area contributed by atoms with Crippen molar-refractivity contribution in [3.63, 3.8) is 0 Å². The summed E-state index contributed by atoms with van der Waals surface area (Å²) in [6.45, 7) is 10.7. The van der Waals surface area contributed by atoms with Gasteiger partial charge < -0.3 is 10.6 Å². The third-order valence-electron chi connectivity index (χ3n) is 5.16. The Bertz CT molecular complexity index is 266. The number of hydrogen-bond donors (Lipinski definition) is 1. The van der Waals surface area contributed by atoms with Gasteiger partial charge in [-0.25, -0.2) is 0 Å². The molecule has 0 bridgehead atoms. The second-order valence-electron chi connectivity index (χ2n) is 6.90. The van der Waals surface area contributed by atoms with Crippen molar-refractivity contribution in [2.75, 3.05) is 26.7 Å². The highest BCUT2D eigenvalue weighted by molar-refractivity contribution is 4.93. The lowest BCUT2D eigenvalue weighted by Gasteiger charge is -2.48. The maximum absolute atomic E-state index is 6.41. The van der Waals surface area contributed by atoms with Crippen LogP contribution in [0.15, 0.2) is 0 Å². The minimum Gasteiger partial charge on any atom is -0.326 e. The molecule has 1 saturated heterocycles. The fraction of sp³-hybridized carbons (Fsp3) is 1.00. The van der Waals surface area contributed by atoms with Crippen LogP contribution in [0.25, 0.3) is 0 Å². The number of piperazine rings is 1. The SMILES string of the molecule is CC(C)C1CCC(N)C(N2CCN(C)CC2C)C1. The van der Waals surface area contributed by atoms with E-state index in [0.717, 1.165) is 11.8 Å². The fourth-order valence-corrected chi connectivity index (χ4v) is 3.84. The van der Waals surface area contributed by atoms with Crippen molar-refractivity contribution in [2.45, 2.75) is 58.2 Å². The number of hydrogen-bond acceptors (Lipinski definition) is 3. The first-order valence-corrected chi connectivity index (χ1v) is 7.69. The van der Waals surface area contributed by atoms with Gasteiger partial charge in [0, 0.05) is 37.8 Å². The molecule has 0 amide bonds. The standard InChI is InChI=1S/C15H31N3/c1-11(2)13-5-6-14(16)15(9-13)18-8-7-17(4)10-12(18)3/h11-15H,5-10,16H2,1-4H3. The van der Waals surface area contributed by atoms with Crippen molar-refractivity contribution in [3.05, 3.63) is 0 Å². The molecule has 4 atom stereocenters. The van der Waals surface area contributed by atoms with Crippen molar-refractivity contribution < 1.29 is 0 Å². The number of likely N-dealkylation sites (N-methyl/N-ethyl adjacent to an activating group) is 1. The van der Waals surface area contributed by atoms with Crippen molar-refractivity contribution >= 4 is 0 Å². The van der Waals surface area contributed by atoms with E-state index in [9.17, 15) is 0 Å². The van der Waals surface area contributed by atoms with Crippen LogP contribution in [-0.2, 0) is 0 Å². The zero-order valence-electron chi connectivity index (χ0n) is 12.6. The van der Waals surface area contributed by atoms with Crippen LogP contribution in [0, 0.1) is 11.8 Å². The number of rotatable bonds is 2. The zero-order chi connectivity index (χ0) is 13.3. The largest absolute Gasteiger partial charge is 0.326 e. The molecule has 3 heteroatoms. The van der Waals surface area contributed by atoms with Crippen LogP contribution in [0.5, 0.6) is 0 Å². The Kier molecular flexibility index (Phi) is 4.68. The molecular weight excluding hydrogens is 222 g/mol. The summed E-state index contributed by atoms with van der Waals surface area (Å²) >= 11 is 0. The molecule has 0 aromatic heterocycles. The highest BCUT2D eigenvalue weighted by atomic mass is 15.3. The van der Waals surface area contributed by atoms with Gasteiger partial charge in [-0.2, -0.15) is 0 Å². The van der Waals surface area contributed by atoms with Crippen LogP contribution < -0.4 is 5.73 Å². The number of nitrogens with two attached hydrogens (primary N) is 1. The Hall–Kier alpha value is -0.120. The molecule has 2 N–H and O–H groups in total. The second kappa shape index (κ2) is 5.89. The maximum Gasteiger partial charge on any atom is 0.0253 e. The first kappa shape index (κ1) is 14.3. The Morgan fingerprint density at radius 2 is 1.89 bits per heavy atom. The molecule has 1 heterocycles. The molecule has 0 spiro atoms. The van der Waals surface area contributed by atoms with Crippen LogP contribution in [0.3, 0.4) is 0 Å². The highest BCUT2D eigenvalue weighted by Crippen LogP contribution is 2.33. The van der Waals surface area contributed by atoms with E-state index in [1.54, 1.807) is 0 Å². The normalized spacial score (nSPS) is 40.3. The molecule has 1 aliphatic carbocycles. The van der Waals surface area contributed by atoms with Gasteiger partial charge in [-0.05, 0) is 45.1 Å². The maximum atomic E-state index is 6.41. The molecule has 1 aliphatic heterocycles. The average Bonchev–Trinajstić information content (AvgIpc) is 2.30. The second-order valence-corrected chi connectivity index (χ2v) is 6.90. The predicted octanol–water partition coefficient (Wildman–Crippen LogP) is 1.77. The highest BCUT2D eigenvalue weighted by Gasteiger charge is 2.36. The lowest BCUT2D eigenvalue weighted by molar-refractivity contribution is 0.0203. The Morgan fingerprint density at radius 3 is 2.50 bits per heavy atom. The van der Waals surface area contributed by atoms with E-state index in [1.165, 1.54) is 38.9 Å². The van der Waals surface area contributed by atoms with Crippen LogP contribution in [0.4, 0.5) is 0 Å². The van der Waals surface area contributed by atoms with Crippen molar-refractivity contribution in [1.29, 1.82) is 0 Å². The van der Waals surface area contributed by atoms with Crippen LogP contribution in [0.2, 0.25) is 0 Å². The zero-order valence-corrected chi connectivity index (χ0v) is 12.6. The van der Waals surface area contributed by atoms with Gasteiger partial charge in [0.1, 0.15) is 0 Å². The minimum absolute atomic E-state index is 0.394. The van der Waals surface area contributed by atoms with Gasteiger partial charge in [-0.3, -0.25) is 4.90 Å². The molecule has 0 aromatic carbocycles. The van der Waals surface area contributed by atoms with Crippen molar-refractivity contribution in [2.24, 2.45) is 17.6 Å². The number of nitrogens with zero attached hydrogens (tertiary/aromatic N) is 2. The van der Waals surface area contributed by atoms with Gasteiger partial charge in [0.2, 0.25) is 0 Å². The molecular formula is C15H31N3. The lowest BCUT2D eigenvalue weighted by Crippen LogP contribution is -2.60. The molecule has 3 nitrogen and oxygen atoms in total. The van der Waals surface area contributed by atoms with E-state index in [0.29, 0.717) is 18.1 Å². The summed E-state index contributed by atoms with van der Waals surface area (Å²) in [6, 6.07) is 1.67.